The molecule has 0 radical (unpaired) electrons. The predicted octanol–water partition coefficient (Wildman–Crippen LogP) is 7.54. The van der Waals surface area contributed by atoms with Gasteiger partial charge in [0.15, 0.2) is 0 Å². The average Bonchev–Trinajstić information content (AvgIpc) is 2.51. The van der Waals surface area contributed by atoms with E-state index in [1.807, 2.05) is 0 Å². The maximum absolute atomic E-state index is 12.6. The van der Waals surface area contributed by atoms with E-state index in [-0.39, 0.29) is 56.2 Å². The molecule has 0 unspecified atom stereocenters. The molecule has 0 atom stereocenters. The highest BCUT2D eigenvalue weighted by atomic mass is 35.5. The fourth-order valence-electron chi connectivity index (χ4n) is 2.25. The normalized spacial score (nSPS) is 10.9. The largest absolute Gasteiger partial charge is 0.416 e. The molecule has 0 fully saturated rings. The maximum Gasteiger partial charge on any atom is 0.416 e. The minimum atomic E-state index is -4.45. The summed E-state index contributed by atoms with van der Waals surface area (Å²) in [5.41, 5.74) is -0.725. The van der Waals surface area contributed by atoms with Crippen molar-refractivity contribution in [1.82, 2.24) is 0 Å². The minimum Gasteiger partial charge on any atom is -0.369 e. The lowest BCUT2D eigenvalue weighted by atomic mass is 9.99. The van der Waals surface area contributed by atoms with Crippen LogP contribution in [0.5, 0.6) is 0 Å². The van der Waals surface area contributed by atoms with Crippen molar-refractivity contribution in [2.75, 3.05) is 6.61 Å². The first-order valence-electron chi connectivity index (χ1n) is 7.09. The van der Waals surface area contributed by atoms with E-state index in [2.05, 4.69) is 0 Å². The first-order chi connectivity index (χ1) is 11.1. The van der Waals surface area contributed by atoms with Crippen molar-refractivity contribution < 1.29 is 31.1 Å². The van der Waals surface area contributed by atoms with Crippen LogP contribution >= 0.6 is 49.6 Å². The van der Waals surface area contributed by atoms with Crippen LogP contribution in [0.4, 0.5) is 26.3 Å². The molecule has 0 bridgehead atoms. The number of halogens is 10. The summed E-state index contributed by atoms with van der Waals surface area (Å²) in [6, 6.07) is 8.75. The van der Waals surface area contributed by atoms with Gasteiger partial charge < -0.3 is 4.74 Å². The van der Waals surface area contributed by atoms with E-state index in [1.54, 1.807) is 6.92 Å². The number of benzene rings is 2. The van der Waals surface area contributed by atoms with Crippen molar-refractivity contribution in [1.29, 1.82) is 0 Å². The summed E-state index contributed by atoms with van der Waals surface area (Å²) in [7, 11) is 0. The zero-order valence-electron chi connectivity index (χ0n) is 14.2. The lowest BCUT2D eigenvalue weighted by molar-refractivity contribution is -0.138. The number of hydrogen-bond acceptors (Lipinski definition) is 1. The molecule has 0 aliphatic rings. The SMILES string of the molecule is CCOC(c1ccc(C(F)(F)F)cc1)c1ccc(C(F)(F)F)cc1.Cl.Cl.Cl.Cl. The highest BCUT2D eigenvalue weighted by Crippen LogP contribution is 2.34. The Morgan fingerprint density at radius 1 is 0.643 bits per heavy atom. The van der Waals surface area contributed by atoms with Gasteiger partial charge >= 0.3 is 12.4 Å². The second-order valence-electron chi connectivity index (χ2n) is 5.07. The molecule has 2 rings (SSSR count). The number of hydrogen-bond donors (Lipinski definition) is 0. The van der Waals surface area contributed by atoms with Crippen LogP contribution in [-0.4, -0.2) is 6.61 Å². The van der Waals surface area contributed by atoms with Gasteiger partial charge in [0, 0.05) is 6.61 Å². The third-order valence-corrected chi connectivity index (χ3v) is 3.41. The molecule has 0 aliphatic heterocycles. The summed E-state index contributed by atoms with van der Waals surface area (Å²) in [5.74, 6) is 0. The molecule has 2 aromatic rings. The molecule has 0 N–H and O–H groups in total. The Hall–Kier alpha value is -0.860. The quantitative estimate of drug-likeness (QED) is 0.400. The van der Waals surface area contributed by atoms with Gasteiger partial charge in [-0.25, -0.2) is 0 Å². The van der Waals surface area contributed by atoms with Crippen LogP contribution in [0.25, 0.3) is 0 Å². The maximum atomic E-state index is 12.6. The Balaban J connectivity index is -0.00000156. The molecule has 2 aromatic carbocycles. The summed E-state index contributed by atoms with van der Waals surface area (Å²) in [5, 5.41) is 0. The lowest BCUT2D eigenvalue weighted by Crippen LogP contribution is -2.10. The van der Waals surface area contributed by atoms with Gasteiger partial charge in [-0.2, -0.15) is 26.3 Å². The van der Waals surface area contributed by atoms with E-state index in [9.17, 15) is 26.3 Å². The molecular weight excluding hydrogens is 476 g/mol. The second-order valence-corrected chi connectivity index (χ2v) is 5.07. The van der Waals surface area contributed by atoms with E-state index < -0.39 is 29.6 Å². The highest BCUT2D eigenvalue weighted by molar-refractivity contribution is 5.86. The van der Waals surface area contributed by atoms with Crippen LogP contribution in [0.3, 0.4) is 0 Å². The van der Waals surface area contributed by atoms with Gasteiger partial charge in [-0.15, -0.1) is 49.6 Å². The van der Waals surface area contributed by atoms with Gasteiger partial charge in [-0.1, -0.05) is 24.3 Å². The van der Waals surface area contributed by atoms with Crippen molar-refractivity contribution in [3.8, 4) is 0 Å². The number of rotatable bonds is 4. The Kier molecular flexibility index (Phi) is 14.4. The van der Waals surface area contributed by atoms with Crippen LogP contribution in [0.1, 0.15) is 35.3 Å². The molecular formula is C17H18Cl4F6O. The molecule has 0 aromatic heterocycles. The zero-order chi connectivity index (χ0) is 18.0. The minimum absolute atomic E-state index is 0. The van der Waals surface area contributed by atoms with E-state index in [4.69, 9.17) is 4.74 Å². The summed E-state index contributed by atoms with van der Waals surface area (Å²) in [6.45, 7) is 1.95. The van der Waals surface area contributed by atoms with Gasteiger partial charge in [0.1, 0.15) is 6.10 Å². The Labute approximate surface area is 183 Å². The third kappa shape index (κ3) is 8.25. The van der Waals surface area contributed by atoms with Crippen molar-refractivity contribution in [2.45, 2.75) is 25.4 Å². The molecule has 0 saturated carbocycles. The van der Waals surface area contributed by atoms with Crippen LogP contribution in [0.2, 0.25) is 0 Å². The summed E-state index contributed by atoms with van der Waals surface area (Å²) < 4.78 is 81.2. The van der Waals surface area contributed by atoms with E-state index in [0.29, 0.717) is 11.1 Å². The first kappa shape index (κ1) is 31.8. The van der Waals surface area contributed by atoms with Gasteiger partial charge in [-0.3, -0.25) is 0 Å². The monoisotopic (exact) mass is 492 g/mol. The highest BCUT2D eigenvalue weighted by Gasteiger charge is 2.31. The average molecular weight is 494 g/mol. The van der Waals surface area contributed by atoms with E-state index in [1.165, 1.54) is 24.3 Å². The van der Waals surface area contributed by atoms with Gasteiger partial charge in [-0.05, 0) is 42.3 Å². The van der Waals surface area contributed by atoms with E-state index in [0.717, 1.165) is 24.3 Å². The van der Waals surface area contributed by atoms with Gasteiger partial charge in [0.05, 0.1) is 11.1 Å². The Morgan fingerprint density at radius 2 is 0.929 bits per heavy atom. The third-order valence-electron chi connectivity index (χ3n) is 3.41. The summed E-state index contributed by atoms with van der Waals surface area (Å²) in [6.07, 6.45) is -9.64. The number of ether oxygens (including phenoxy) is 1. The topological polar surface area (TPSA) is 9.23 Å². The van der Waals surface area contributed by atoms with Crippen molar-refractivity contribution in [2.24, 2.45) is 0 Å². The summed E-state index contributed by atoms with van der Waals surface area (Å²) in [4.78, 5) is 0. The van der Waals surface area contributed by atoms with Crippen LogP contribution in [0.15, 0.2) is 48.5 Å². The predicted molar refractivity (Wildman–Crippen MR) is 105 cm³/mol. The van der Waals surface area contributed by atoms with Crippen molar-refractivity contribution in [3.63, 3.8) is 0 Å². The molecule has 0 aliphatic carbocycles. The Morgan fingerprint density at radius 3 is 1.14 bits per heavy atom. The molecule has 162 valence electrons. The van der Waals surface area contributed by atoms with Gasteiger partial charge in [0.2, 0.25) is 0 Å². The molecule has 28 heavy (non-hydrogen) atoms. The number of alkyl halides is 6. The van der Waals surface area contributed by atoms with E-state index >= 15 is 0 Å². The summed E-state index contributed by atoms with van der Waals surface area (Å²) >= 11 is 0. The molecule has 0 heterocycles. The fraction of sp³-hybridized carbons (Fsp3) is 0.294. The second kappa shape index (κ2) is 12.6. The Bertz CT molecular complexity index is 615. The standard InChI is InChI=1S/C17H14F6O.4ClH/c1-2-24-15(11-3-7-13(8-4-11)16(18,19)20)12-5-9-14(10-6-12)17(21,22)23;;;;/h3-10,15H,2H2,1H3;4*1H. The fourth-order valence-corrected chi connectivity index (χ4v) is 2.25. The van der Waals surface area contributed by atoms with Crippen molar-refractivity contribution in [3.05, 3.63) is 70.8 Å². The molecule has 0 spiro atoms. The van der Waals surface area contributed by atoms with Crippen molar-refractivity contribution >= 4 is 49.6 Å². The smallest absolute Gasteiger partial charge is 0.369 e. The molecule has 0 saturated heterocycles. The molecule has 0 amide bonds. The molecule has 11 heteroatoms. The van der Waals surface area contributed by atoms with Crippen LogP contribution in [0, 0.1) is 0 Å². The lowest BCUT2D eigenvalue weighted by Gasteiger charge is -2.19. The van der Waals surface area contributed by atoms with Gasteiger partial charge in [0.25, 0.3) is 0 Å². The van der Waals surface area contributed by atoms with Crippen LogP contribution < -0.4 is 0 Å². The molecule has 1 nitrogen and oxygen atoms in total. The zero-order valence-corrected chi connectivity index (χ0v) is 17.5. The van der Waals surface area contributed by atoms with Crippen LogP contribution in [-0.2, 0) is 17.1 Å². The first-order valence-corrected chi connectivity index (χ1v) is 7.09.